The van der Waals surface area contributed by atoms with E-state index in [0.717, 1.165) is 55.8 Å². The van der Waals surface area contributed by atoms with Crippen molar-refractivity contribution in [3.05, 3.63) is 46.0 Å². The Labute approximate surface area is 128 Å². The van der Waals surface area contributed by atoms with Gasteiger partial charge in [0.2, 0.25) is 5.89 Å². The molecule has 1 fully saturated rings. The maximum Gasteiger partial charge on any atom is 0.267 e. The van der Waals surface area contributed by atoms with Crippen molar-refractivity contribution >= 4 is 0 Å². The van der Waals surface area contributed by atoms with Crippen LogP contribution >= 0.6 is 0 Å². The second kappa shape index (κ2) is 5.68. The van der Waals surface area contributed by atoms with Crippen molar-refractivity contribution in [1.82, 2.24) is 19.7 Å². The molecule has 0 aromatic carbocycles. The standard InChI is InChI=1S/C16H20N4O2/c21-16-9-12-3-1-5-14(12)18-20(16)10-13-4-2-7-19(13)11-15-17-6-8-22-15/h6,8-9,13H,1-5,7,10-11H2. The lowest BCUT2D eigenvalue weighted by molar-refractivity contribution is 0.197. The molecule has 22 heavy (non-hydrogen) atoms. The second-order valence-corrected chi connectivity index (χ2v) is 6.18. The SMILES string of the molecule is O=c1cc2c(nn1CC1CCCN1Cc1ncco1)CCC2. The molecule has 2 aromatic rings. The summed E-state index contributed by atoms with van der Waals surface area (Å²) in [5.74, 6) is 0.737. The highest BCUT2D eigenvalue weighted by molar-refractivity contribution is 5.22. The van der Waals surface area contributed by atoms with E-state index in [-0.39, 0.29) is 5.56 Å². The molecule has 116 valence electrons. The van der Waals surface area contributed by atoms with Crippen LogP contribution in [0, 0.1) is 0 Å². The third-order valence-corrected chi connectivity index (χ3v) is 4.73. The molecule has 3 heterocycles. The summed E-state index contributed by atoms with van der Waals surface area (Å²) in [7, 11) is 0. The van der Waals surface area contributed by atoms with Gasteiger partial charge in [0.05, 0.1) is 25.0 Å². The zero-order valence-electron chi connectivity index (χ0n) is 12.6. The fourth-order valence-electron chi connectivity index (χ4n) is 3.58. The van der Waals surface area contributed by atoms with Gasteiger partial charge in [-0.1, -0.05) is 0 Å². The minimum Gasteiger partial charge on any atom is -0.448 e. The van der Waals surface area contributed by atoms with Crippen LogP contribution in [0.25, 0.3) is 0 Å². The van der Waals surface area contributed by atoms with Crippen LogP contribution in [-0.2, 0) is 25.9 Å². The molecule has 2 aliphatic rings. The summed E-state index contributed by atoms with van der Waals surface area (Å²) in [4.78, 5) is 18.8. The van der Waals surface area contributed by atoms with E-state index in [0.29, 0.717) is 19.1 Å². The average Bonchev–Trinajstić information content (AvgIpc) is 3.23. The largest absolute Gasteiger partial charge is 0.448 e. The molecule has 0 amide bonds. The van der Waals surface area contributed by atoms with E-state index in [9.17, 15) is 4.79 Å². The zero-order chi connectivity index (χ0) is 14.9. The first-order chi connectivity index (χ1) is 10.8. The van der Waals surface area contributed by atoms with E-state index in [1.165, 1.54) is 0 Å². The van der Waals surface area contributed by atoms with Gasteiger partial charge in [0.15, 0.2) is 0 Å². The van der Waals surface area contributed by atoms with Gasteiger partial charge in [-0.3, -0.25) is 9.69 Å². The Morgan fingerprint density at radius 1 is 1.32 bits per heavy atom. The summed E-state index contributed by atoms with van der Waals surface area (Å²) in [6.07, 6.45) is 8.63. The molecule has 0 N–H and O–H groups in total. The number of fused-ring (bicyclic) bond motifs is 1. The Balaban J connectivity index is 1.51. The average molecular weight is 300 g/mol. The molecule has 6 nitrogen and oxygen atoms in total. The van der Waals surface area contributed by atoms with Crippen molar-refractivity contribution in [1.29, 1.82) is 0 Å². The van der Waals surface area contributed by atoms with Crippen LogP contribution in [0.15, 0.2) is 27.7 Å². The van der Waals surface area contributed by atoms with E-state index < -0.39 is 0 Å². The molecule has 1 atom stereocenters. The third kappa shape index (κ3) is 2.59. The summed E-state index contributed by atoms with van der Waals surface area (Å²) in [5.41, 5.74) is 2.28. The van der Waals surface area contributed by atoms with Gasteiger partial charge < -0.3 is 4.42 Å². The summed E-state index contributed by atoms with van der Waals surface area (Å²) < 4.78 is 7.00. The first kappa shape index (κ1) is 13.7. The van der Waals surface area contributed by atoms with Crippen LogP contribution in [0.4, 0.5) is 0 Å². The Morgan fingerprint density at radius 2 is 2.27 bits per heavy atom. The predicted molar refractivity (Wildman–Crippen MR) is 80.5 cm³/mol. The summed E-state index contributed by atoms with van der Waals surface area (Å²) in [6, 6.07) is 2.11. The van der Waals surface area contributed by atoms with Crippen molar-refractivity contribution < 1.29 is 4.42 Å². The minimum atomic E-state index is 0.0311. The Bertz CT molecular complexity index is 707. The number of rotatable bonds is 4. The summed E-state index contributed by atoms with van der Waals surface area (Å²) in [6.45, 7) is 2.39. The van der Waals surface area contributed by atoms with E-state index in [4.69, 9.17) is 4.42 Å². The van der Waals surface area contributed by atoms with Crippen molar-refractivity contribution in [3.63, 3.8) is 0 Å². The van der Waals surface area contributed by atoms with Crippen LogP contribution in [0.1, 0.15) is 36.4 Å². The molecule has 1 aliphatic heterocycles. The first-order valence-corrected chi connectivity index (χ1v) is 8.02. The van der Waals surface area contributed by atoms with E-state index >= 15 is 0 Å². The maximum absolute atomic E-state index is 12.2. The molecule has 0 spiro atoms. The smallest absolute Gasteiger partial charge is 0.267 e. The highest BCUT2D eigenvalue weighted by Gasteiger charge is 2.27. The van der Waals surface area contributed by atoms with Gasteiger partial charge in [0.1, 0.15) is 6.26 Å². The van der Waals surface area contributed by atoms with Crippen LogP contribution < -0.4 is 5.56 Å². The first-order valence-electron chi connectivity index (χ1n) is 8.02. The van der Waals surface area contributed by atoms with Gasteiger partial charge in [-0.2, -0.15) is 5.10 Å². The molecular formula is C16H20N4O2. The van der Waals surface area contributed by atoms with Gasteiger partial charge in [-0.05, 0) is 44.2 Å². The number of likely N-dealkylation sites (tertiary alicyclic amines) is 1. The molecule has 1 unspecified atom stereocenters. The van der Waals surface area contributed by atoms with Gasteiger partial charge in [-0.15, -0.1) is 0 Å². The number of nitrogens with zero attached hydrogens (tertiary/aromatic N) is 4. The number of oxazole rings is 1. The van der Waals surface area contributed by atoms with Crippen LogP contribution in [0.5, 0.6) is 0 Å². The maximum atomic E-state index is 12.2. The number of hydrogen-bond donors (Lipinski definition) is 0. The summed E-state index contributed by atoms with van der Waals surface area (Å²) in [5, 5.41) is 4.59. The number of aryl methyl sites for hydroxylation is 2. The lowest BCUT2D eigenvalue weighted by atomic mass is 10.2. The fourth-order valence-corrected chi connectivity index (χ4v) is 3.58. The van der Waals surface area contributed by atoms with Crippen molar-refractivity contribution in [2.75, 3.05) is 6.54 Å². The Kier molecular flexibility index (Phi) is 3.54. The minimum absolute atomic E-state index is 0.0311. The fraction of sp³-hybridized carbons (Fsp3) is 0.562. The molecule has 4 rings (SSSR count). The van der Waals surface area contributed by atoms with E-state index in [1.54, 1.807) is 23.2 Å². The Morgan fingerprint density at radius 3 is 3.14 bits per heavy atom. The van der Waals surface area contributed by atoms with Gasteiger partial charge in [0.25, 0.3) is 5.56 Å². The quantitative estimate of drug-likeness (QED) is 0.853. The monoisotopic (exact) mass is 300 g/mol. The van der Waals surface area contributed by atoms with Crippen LogP contribution in [0.3, 0.4) is 0 Å². The third-order valence-electron chi connectivity index (χ3n) is 4.73. The van der Waals surface area contributed by atoms with Gasteiger partial charge >= 0.3 is 0 Å². The van der Waals surface area contributed by atoms with Crippen LogP contribution in [-0.4, -0.2) is 32.3 Å². The molecule has 0 saturated carbocycles. The van der Waals surface area contributed by atoms with Crippen molar-refractivity contribution in [3.8, 4) is 0 Å². The van der Waals surface area contributed by atoms with Crippen LogP contribution in [0.2, 0.25) is 0 Å². The highest BCUT2D eigenvalue weighted by atomic mass is 16.3. The molecule has 1 aliphatic carbocycles. The number of aromatic nitrogens is 3. The molecular weight excluding hydrogens is 280 g/mol. The highest BCUT2D eigenvalue weighted by Crippen LogP contribution is 2.21. The zero-order valence-corrected chi connectivity index (χ0v) is 12.6. The summed E-state index contributed by atoms with van der Waals surface area (Å²) >= 11 is 0. The molecule has 6 heteroatoms. The second-order valence-electron chi connectivity index (χ2n) is 6.18. The Hall–Kier alpha value is -1.95. The lowest BCUT2D eigenvalue weighted by Crippen LogP contribution is -2.37. The van der Waals surface area contributed by atoms with E-state index in [2.05, 4.69) is 15.0 Å². The molecule has 1 saturated heterocycles. The van der Waals surface area contributed by atoms with Gasteiger partial charge in [0, 0.05) is 12.1 Å². The van der Waals surface area contributed by atoms with Crippen molar-refractivity contribution in [2.24, 2.45) is 0 Å². The lowest BCUT2D eigenvalue weighted by Gasteiger charge is -2.23. The molecule has 2 aromatic heterocycles. The van der Waals surface area contributed by atoms with Gasteiger partial charge in [-0.25, -0.2) is 9.67 Å². The van der Waals surface area contributed by atoms with E-state index in [1.807, 2.05) is 0 Å². The molecule has 0 radical (unpaired) electrons. The topological polar surface area (TPSA) is 64.2 Å². The number of hydrogen-bond acceptors (Lipinski definition) is 5. The normalized spacial score (nSPS) is 21.4. The molecule has 0 bridgehead atoms. The predicted octanol–water partition coefficient (Wildman–Crippen LogP) is 1.38. The van der Waals surface area contributed by atoms with Crippen molar-refractivity contribution in [2.45, 2.75) is 51.2 Å².